The van der Waals surface area contributed by atoms with Gasteiger partial charge in [-0.3, -0.25) is 9.59 Å². The average Bonchev–Trinajstić information content (AvgIpc) is 2.91. The van der Waals surface area contributed by atoms with Crippen LogP contribution in [0.3, 0.4) is 0 Å². The van der Waals surface area contributed by atoms with Gasteiger partial charge >= 0.3 is 0 Å². The number of pyridine rings is 1. The number of halogens is 2. The second-order valence-corrected chi connectivity index (χ2v) is 9.16. The Hall–Kier alpha value is -3.89. The Morgan fingerprint density at radius 2 is 1.74 bits per heavy atom. The summed E-state index contributed by atoms with van der Waals surface area (Å²) >= 11 is 0. The van der Waals surface area contributed by atoms with E-state index in [2.05, 4.69) is 15.2 Å². The van der Waals surface area contributed by atoms with Crippen molar-refractivity contribution in [2.45, 2.75) is 19.6 Å². The molecule has 1 saturated heterocycles. The van der Waals surface area contributed by atoms with Crippen molar-refractivity contribution in [3.8, 4) is 11.6 Å². The molecule has 1 fully saturated rings. The van der Waals surface area contributed by atoms with E-state index in [9.17, 15) is 18.4 Å². The summed E-state index contributed by atoms with van der Waals surface area (Å²) in [7, 11) is 1.99. The van der Waals surface area contributed by atoms with Crippen LogP contribution >= 0.6 is 0 Å². The fourth-order valence-electron chi connectivity index (χ4n) is 4.01. The molecule has 0 aliphatic carbocycles. The van der Waals surface area contributed by atoms with Crippen LogP contribution in [0, 0.1) is 18.6 Å². The van der Waals surface area contributed by atoms with Gasteiger partial charge in [-0.25, -0.2) is 13.8 Å². The lowest BCUT2D eigenvalue weighted by Crippen LogP contribution is -2.55. The van der Waals surface area contributed by atoms with Gasteiger partial charge in [0.25, 0.3) is 5.91 Å². The third-order valence-corrected chi connectivity index (χ3v) is 6.24. The van der Waals surface area contributed by atoms with Gasteiger partial charge in [0.05, 0.1) is 13.2 Å². The highest BCUT2D eigenvalue weighted by Gasteiger charge is 2.29. The number of aryl methyl sites for hydroxylation is 1. The van der Waals surface area contributed by atoms with Crippen LogP contribution in [0.4, 0.5) is 8.78 Å². The van der Waals surface area contributed by atoms with Crippen molar-refractivity contribution in [1.82, 2.24) is 20.1 Å². The summed E-state index contributed by atoms with van der Waals surface area (Å²) in [5, 5.41) is 2.78. The second-order valence-electron chi connectivity index (χ2n) is 9.16. The van der Waals surface area contributed by atoms with Gasteiger partial charge in [0.2, 0.25) is 11.8 Å². The first-order valence-corrected chi connectivity index (χ1v) is 12.3. The summed E-state index contributed by atoms with van der Waals surface area (Å²) in [6, 6.07) is 12.1. The summed E-state index contributed by atoms with van der Waals surface area (Å²) in [4.78, 5) is 34.7. The smallest absolute Gasteiger partial charge is 0.257 e. The van der Waals surface area contributed by atoms with E-state index >= 15 is 0 Å². The van der Waals surface area contributed by atoms with Crippen LogP contribution in [0.15, 0.2) is 60.8 Å². The molecule has 3 aromatic rings. The molecule has 0 saturated carbocycles. The lowest BCUT2D eigenvalue weighted by molar-refractivity contribution is -0.136. The number of carbonyl (C=O) groups is 2. The van der Waals surface area contributed by atoms with E-state index in [1.807, 2.05) is 7.05 Å². The van der Waals surface area contributed by atoms with Crippen molar-refractivity contribution in [3.05, 3.63) is 89.1 Å². The molecule has 2 heterocycles. The van der Waals surface area contributed by atoms with Gasteiger partial charge in [0.1, 0.15) is 29.0 Å². The number of ether oxygens (including phenoxy) is 2. The topological polar surface area (TPSA) is 84.0 Å². The summed E-state index contributed by atoms with van der Waals surface area (Å²) < 4.78 is 38.3. The van der Waals surface area contributed by atoms with E-state index in [0.717, 1.165) is 18.7 Å². The minimum Gasteiger partial charge on any atom is -0.438 e. The molecule has 1 aromatic heterocycles. The van der Waals surface area contributed by atoms with E-state index in [4.69, 9.17) is 9.47 Å². The number of piperazine rings is 1. The van der Waals surface area contributed by atoms with Crippen molar-refractivity contribution in [1.29, 1.82) is 0 Å². The normalized spacial score (nSPS) is 14.7. The number of rotatable bonds is 9. The molecule has 0 bridgehead atoms. The zero-order valence-electron chi connectivity index (χ0n) is 21.3. The summed E-state index contributed by atoms with van der Waals surface area (Å²) in [6.07, 6.45) is 1.48. The lowest BCUT2D eigenvalue weighted by atomic mass is 10.2. The summed E-state index contributed by atoms with van der Waals surface area (Å²) in [6.45, 7) is 4.26. The van der Waals surface area contributed by atoms with Crippen LogP contribution in [0.5, 0.6) is 11.6 Å². The molecule has 0 radical (unpaired) electrons. The van der Waals surface area contributed by atoms with E-state index in [1.54, 1.807) is 30.0 Å². The van der Waals surface area contributed by atoms with Gasteiger partial charge < -0.3 is 24.6 Å². The molecule has 1 aliphatic rings. The Balaban J connectivity index is 1.49. The zero-order chi connectivity index (χ0) is 27.1. The molecule has 4 rings (SSSR count). The number of nitrogens with zero attached hydrogens (tertiary/aromatic N) is 3. The standard InChI is InChI=1S/C28H30F2N4O4/c1-19-16-22(30)9-10-25(19)38-27-23(4-3-11-31-27)26(35)32-24(28(36)34-14-12-33(2)13-15-34)18-37-17-20-5-7-21(29)8-6-20/h3-11,16,24H,12-15,17-18H2,1-2H3,(H,32,35). The van der Waals surface area contributed by atoms with E-state index in [-0.39, 0.29) is 36.4 Å². The van der Waals surface area contributed by atoms with Crippen LogP contribution in [0.2, 0.25) is 0 Å². The third-order valence-electron chi connectivity index (χ3n) is 6.24. The largest absolute Gasteiger partial charge is 0.438 e. The SMILES string of the molecule is Cc1cc(F)ccc1Oc1ncccc1C(=O)NC(COCc1ccc(F)cc1)C(=O)N1CCN(C)CC1. The molecule has 1 atom stereocenters. The summed E-state index contributed by atoms with van der Waals surface area (Å²) in [5.74, 6) is -1.20. The maximum absolute atomic E-state index is 13.5. The van der Waals surface area contributed by atoms with Crippen molar-refractivity contribution in [2.24, 2.45) is 0 Å². The van der Waals surface area contributed by atoms with Crippen LogP contribution in [0.1, 0.15) is 21.5 Å². The molecule has 1 aliphatic heterocycles. The van der Waals surface area contributed by atoms with E-state index < -0.39 is 17.8 Å². The number of aromatic nitrogens is 1. The quantitative estimate of drug-likeness (QED) is 0.461. The number of nitrogens with one attached hydrogen (secondary N) is 1. The lowest BCUT2D eigenvalue weighted by Gasteiger charge is -2.34. The number of hydrogen-bond acceptors (Lipinski definition) is 6. The molecule has 1 unspecified atom stereocenters. The molecule has 38 heavy (non-hydrogen) atoms. The van der Waals surface area contributed by atoms with Crippen molar-refractivity contribution < 1.29 is 27.8 Å². The first kappa shape index (κ1) is 27.2. The highest BCUT2D eigenvalue weighted by molar-refractivity contribution is 5.99. The molecular weight excluding hydrogens is 494 g/mol. The Morgan fingerprint density at radius 3 is 2.45 bits per heavy atom. The fraction of sp³-hybridized carbons (Fsp3) is 0.321. The minimum atomic E-state index is -0.966. The van der Waals surface area contributed by atoms with Gasteiger partial charge in [-0.15, -0.1) is 0 Å². The molecule has 8 nitrogen and oxygen atoms in total. The molecule has 2 aromatic carbocycles. The highest BCUT2D eigenvalue weighted by atomic mass is 19.1. The van der Waals surface area contributed by atoms with Gasteiger partial charge in [0.15, 0.2) is 0 Å². The molecule has 200 valence electrons. The van der Waals surface area contributed by atoms with Crippen molar-refractivity contribution in [2.75, 3.05) is 39.8 Å². The van der Waals surface area contributed by atoms with Crippen LogP contribution in [-0.4, -0.2) is 72.5 Å². The molecule has 1 N–H and O–H groups in total. The second kappa shape index (κ2) is 12.6. The van der Waals surface area contributed by atoms with Gasteiger partial charge in [-0.2, -0.15) is 0 Å². The number of benzene rings is 2. The Morgan fingerprint density at radius 1 is 1.03 bits per heavy atom. The minimum absolute atomic E-state index is 0.0257. The predicted octanol–water partition coefficient (Wildman–Crippen LogP) is 3.55. The Labute approximate surface area is 220 Å². The number of carbonyl (C=O) groups excluding carboxylic acids is 2. The third kappa shape index (κ3) is 7.11. The van der Waals surface area contributed by atoms with E-state index in [0.29, 0.717) is 24.4 Å². The van der Waals surface area contributed by atoms with E-state index in [1.165, 1.54) is 42.6 Å². The van der Waals surface area contributed by atoms with Crippen LogP contribution in [-0.2, 0) is 16.1 Å². The first-order valence-electron chi connectivity index (χ1n) is 12.3. The van der Waals surface area contributed by atoms with Crippen LogP contribution in [0.25, 0.3) is 0 Å². The van der Waals surface area contributed by atoms with Crippen molar-refractivity contribution >= 4 is 11.8 Å². The Bertz CT molecular complexity index is 1260. The van der Waals surface area contributed by atoms with Gasteiger partial charge in [-0.1, -0.05) is 12.1 Å². The molecule has 2 amide bonds. The van der Waals surface area contributed by atoms with Crippen molar-refractivity contribution in [3.63, 3.8) is 0 Å². The molecule has 0 spiro atoms. The number of likely N-dealkylation sites (N-methyl/N-ethyl adjacent to an activating group) is 1. The average molecular weight is 525 g/mol. The fourth-order valence-corrected chi connectivity index (χ4v) is 4.01. The predicted molar refractivity (Wildman–Crippen MR) is 137 cm³/mol. The zero-order valence-corrected chi connectivity index (χ0v) is 21.3. The maximum Gasteiger partial charge on any atom is 0.257 e. The molecular formula is C28H30F2N4O4. The molecule has 10 heteroatoms. The number of hydrogen-bond donors (Lipinski definition) is 1. The summed E-state index contributed by atoms with van der Waals surface area (Å²) in [5.41, 5.74) is 1.39. The van der Waals surface area contributed by atoms with Gasteiger partial charge in [-0.05, 0) is 67.6 Å². The monoisotopic (exact) mass is 524 g/mol. The first-order chi connectivity index (χ1) is 18.3. The number of amides is 2. The van der Waals surface area contributed by atoms with Crippen LogP contribution < -0.4 is 10.1 Å². The Kier molecular flexibility index (Phi) is 8.98. The highest BCUT2D eigenvalue weighted by Crippen LogP contribution is 2.26. The maximum atomic E-state index is 13.5. The van der Waals surface area contributed by atoms with Gasteiger partial charge in [0, 0.05) is 32.4 Å².